The van der Waals surface area contributed by atoms with Crippen molar-refractivity contribution in [2.24, 2.45) is 0 Å². The smallest absolute Gasteiger partial charge is 0.118 e. The van der Waals surface area contributed by atoms with E-state index in [1.54, 1.807) is 7.11 Å². The van der Waals surface area contributed by atoms with Crippen LogP contribution >= 0.6 is 0 Å². The maximum absolute atomic E-state index is 5.00. The summed E-state index contributed by atoms with van der Waals surface area (Å²) < 4.78 is 5.00. The largest absolute Gasteiger partial charge is 0.497 e. The zero-order chi connectivity index (χ0) is 10.1. The summed E-state index contributed by atoms with van der Waals surface area (Å²) in [5.74, 6) is 6.65. The Hall–Kier alpha value is -1.42. The van der Waals surface area contributed by atoms with Gasteiger partial charge in [0.1, 0.15) is 5.75 Å². The van der Waals surface area contributed by atoms with E-state index in [4.69, 9.17) is 4.74 Å². The first kappa shape index (κ1) is 11.6. The maximum Gasteiger partial charge on any atom is 0.118 e. The summed E-state index contributed by atoms with van der Waals surface area (Å²) in [6.45, 7) is 5.82. The minimum absolute atomic E-state index is 0.867. The van der Waals surface area contributed by atoms with Crippen LogP contribution in [0, 0.1) is 11.8 Å². The molecule has 0 unspecified atom stereocenters. The van der Waals surface area contributed by atoms with Gasteiger partial charge < -0.3 is 4.74 Å². The summed E-state index contributed by atoms with van der Waals surface area (Å²) in [6.07, 6.45) is 0. The molecule has 0 N–H and O–H groups in total. The Balaban J connectivity index is 0.000000671. The van der Waals surface area contributed by atoms with E-state index in [0.717, 1.165) is 11.3 Å². The molecule has 1 heteroatoms. The molecule has 0 atom stereocenters. The number of benzene rings is 1. The number of rotatable bonds is 1. The van der Waals surface area contributed by atoms with E-state index in [2.05, 4.69) is 11.8 Å². The minimum Gasteiger partial charge on any atom is -0.497 e. The number of hydrogen-bond donors (Lipinski definition) is 0. The summed E-state index contributed by atoms with van der Waals surface area (Å²) in [5, 5.41) is 0. The van der Waals surface area contributed by atoms with Crippen LogP contribution in [0.4, 0.5) is 0 Å². The van der Waals surface area contributed by atoms with E-state index in [-0.39, 0.29) is 0 Å². The van der Waals surface area contributed by atoms with Gasteiger partial charge in [0.15, 0.2) is 0 Å². The normalized spacial score (nSPS) is 7.38. The molecule has 13 heavy (non-hydrogen) atoms. The second-order valence-electron chi connectivity index (χ2n) is 2.10. The third-order valence-electron chi connectivity index (χ3n) is 1.36. The highest BCUT2D eigenvalue weighted by molar-refractivity contribution is 5.37. The van der Waals surface area contributed by atoms with Gasteiger partial charge in [0.05, 0.1) is 7.11 Å². The predicted octanol–water partition coefficient (Wildman–Crippen LogP) is 3.09. The lowest BCUT2D eigenvalue weighted by atomic mass is 10.2. The Kier molecular flexibility index (Phi) is 6.45. The van der Waals surface area contributed by atoms with Crippen LogP contribution in [0.2, 0.25) is 0 Å². The SMILES string of the molecule is CC.CC#Cc1ccc(OC)cc1. The minimum atomic E-state index is 0.867. The van der Waals surface area contributed by atoms with Crippen LogP contribution in [0.1, 0.15) is 26.3 Å². The fourth-order valence-corrected chi connectivity index (χ4v) is 0.819. The van der Waals surface area contributed by atoms with Gasteiger partial charge >= 0.3 is 0 Å². The molecule has 1 rings (SSSR count). The molecule has 0 radical (unpaired) electrons. The van der Waals surface area contributed by atoms with Crippen molar-refractivity contribution in [3.05, 3.63) is 29.8 Å². The highest BCUT2D eigenvalue weighted by Crippen LogP contribution is 2.09. The molecular formula is C12H16O. The number of ether oxygens (including phenoxy) is 1. The molecular weight excluding hydrogens is 160 g/mol. The quantitative estimate of drug-likeness (QED) is 0.597. The van der Waals surface area contributed by atoms with Crippen LogP contribution in [0.25, 0.3) is 0 Å². The second-order valence-corrected chi connectivity index (χ2v) is 2.10. The van der Waals surface area contributed by atoms with E-state index < -0.39 is 0 Å². The van der Waals surface area contributed by atoms with Gasteiger partial charge in [-0.2, -0.15) is 0 Å². The third-order valence-corrected chi connectivity index (χ3v) is 1.36. The monoisotopic (exact) mass is 176 g/mol. The average molecular weight is 176 g/mol. The lowest BCUT2D eigenvalue weighted by Gasteiger charge is -1.96. The zero-order valence-electron chi connectivity index (χ0n) is 8.72. The van der Waals surface area contributed by atoms with Crippen LogP contribution < -0.4 is 4.74 Å². The van der Waals surface area contributed by atoms with Gasteiger partial charge in [0.2, 0.25) is 0 Å². The Labute approximate surface area is 80.7 Å². The van der Waals surface area contributed by atoms with Crippen molar-refractivity contribution in [2.45, 2.75) is 20.8 Å². The fraction of sp³-hybridized carbons (Fsp3) is 0.333. The topological polar surface area (TPSA) is 9.23 Å². The van der Waals surface area contributed by atoms with Crippen molar-refractivity contribution in [2.75, 3.05) is 7.11 Å². The second kappa shape index (κ2) is 7.24. The summed E-state index contributed by atoms with van der Waals surface area (Å²) in [5.41, 5.74) is 1.02. The lowest BCUT2D eigenvalue weighted by Crippen LogP contribution is -1.81. The fourth-order valence-electron chi connectivity index (χ4n) is 0.819. The molecule has 0 amide bonds. The van der Waals surface area contributed by atoms with Crippen molar-refractivity contribution in [3.63, 3.8) is 0 Å². The molecule has 1 nitrogen and oxygen atoms in total. The molecule has 0 spiro atoms. The van der Waals surface area contributed by atoms with Crippen LogP contribution in [-0.2, 0) is 0 Å². The molecule has 0 bridgehead atoms. The predicted molar refractivity (Wildman–Crippen MR) is 56.9 cm³/mol. The van der Waals surface area contributed by atoms with Crippen molar-refractivity contribution in [1.29, 1.82) is 0 Å². The molecule has 0 saturated heterocycles. The molecule has 0 fully saturated rings. The molecule has 0 aromatic heterocycles. The van der Waals surface area contributed by atoms with E-state index in [9.17, 15) is 0 Å². The molecule has 1 aromatic carbocycles. The third kappa shape index (κ3) is 4.22. The van der Waals surface area contributed by atoms with E-state index in [0.29, 0.717) is 0 Å². The lowest BCUT2D eigenvalue weighted by molar-refractivity contribution is 0.415. The standard InChI is InChI=1S/C10H10O.C2H6/c1-3-4-9-5-7-10(11-2)8-6-9;1-2/h5-8H,1-2H3;1-2H3. The van der Waals surface area contributed by atoms with Crippen molar-refractivity contribution in [3.8, 4) is 17.6 Å². The summed E-state index contributed by atoms with van der Waals surface area (Å²) in [6, 6.07) is 7.68. The Morgan fingerprint density at radius 2 is 1.62 bits per heavy atom. The molecule has 0 aliphatic heterocycles. The van der Waals surface area contributed by atoms with Gasteiger partial charge in [0.25, 0.3) is 0 Å². The molecule has 1 aromatic rings. The first-order chi connectivity index (χ1) is 6.36. The first-order valence-corrected chi connectivity index (χ1v) is 4.43. The Morgan fingerprint density at radius 1 is 1.08 bits per heavy atom. The van der Waals surface area contributed by atoms with Crippen LogP contribution in [0.5, 0.6) is 5.75 Å². The number of methoxy groups -OCH3 is 1. The zero-order valence-corrected chi connectivity index (χ0v) is 8.72. The molecule has 0 saturated carbocycles. The van der Waals surface area contributed by atoms with Gasteiger partial charge in [-0.3, -0.25) is 0 Å². The molecule has 70 valence electrons. The highest BCUT2D eigenvalue weighted by atomic mass is 16.5. The van der Waals surface area contributed by atoms with Crippen LogP contribution in [0.15, 0.2) is 24.3 Å². The van der Waals surface area contributed by atoms with E-state index >= 15 is 0 Å². The average Bonchev–Trinajstić information content (AvgIpc) is 2.23. The van der Waals surface area contributed by atoms with Gasteiger partial charge in [-0.15, -0.1) is 5.92 Å². The van der Waals surface area contributed by atoms with Crippen LogP contribution in [0.3, 0.4) is 0 Å². The molecule has 0 aliphatic rings. The Bertz CT molecular complexity index is 274. The Morgan fingerprint density at radius 3 is 2.00 bits per heavy atom. The molecule has 0 heterocycles. The van der Waals surface area contributed by atoms with Crippen molar-refractivity contribution < 1.29 is 4.74 Å². The van der Waals surface area contributed by atoms with Crippen molar-refractivity contribution >= 4 is 0 Å². The van der Waals surface area contributed by atoms with E-state index in [1.165, 1.54) is 0 Å². The first-order valence-electron chi connectivity index (χ1n) is 4.43. The van der Waals surface area contributed by atoms with Crippen LogP contribution in [-0.4, -0.2) is 7.11 Å². The highest BCUT2D eigenvalue weighted by Gasteiger charge is 1.88. The summed E-state index contributed by atoms with van der Waals surface area (Å²) in [7, 11) is 1.65. The van der Waals surface area contributed by atoms with Gasteiger partial charge in [-0.1, -0.05) is 19.8 Å². The molecule has 0 aliphatic carbocycles. The van der Waals surface area contributed by atoms with E-state index in [1.807, 2.05) is 45.0 Å². The van der Waals surface area contributed by atoms with Crippen molar-refractivity contribution in [1.82, 2.24) is 0 Å². The summed E-state index contributed by atoms with van der Waals surface area (Å²) >= 11 is 0. The summed E-state index contributed by atoms with van der Waals surface area (Å²) in [4.78, 5) is 0. The maximum atomic E-state index is 5.00. The number of hydrogen-bond acceptors (Lipinski definition) is 1. The van der Waals surface area contributed by atoms with Gasteiger partial charge in [-0.05, 0) is 31.2 Å². The van der Waals surface area contributed by atoms with Gasteiger partial charge in [0, 0.05) is 5.56 Å². The van der Waals surface area contributed by atoms with Gasteiger partial charge in [-0.25, -0.2) is 0 Å².